The van der Waals surface area contributed by atoms with E-state index >= 15 is 0 Å². The van der Waals surface area contributed by atoms with Gasteiger partial charge in [-0.2, -0.15) is 5.10 Å². The summed E-state index contributed by atoms with van der Waals surface area (Å²) >= 11 is 0. The fourth-order valence-corrected chi connectivity index (χ4v) is 3.95. The predicted molar refractivity (Wildman–Crippen MR) is 90.6 cm³/mol. The van der Waals surface area contributed by atoms with Crippen molar-refractivity contribution in [2.75, 3.05) is 0 Å². The molecule has 1 aromatic heterocycles. The zero-order valence-corrected chi connectivity index (χ0v) is 13.4. The molecule has 2 aromatic carbocycles. The minimum Gasteiger partial charge on any atom is -0.263 e. The first-order valence-electron chi connectivity index (χ1n) is 7.40. The zero-order valence-electron chi connectivity index (χ0n) is 12.6. The molecular weight excluding hydrogens is 324 g/mol. The molecule has 0 atom stereocenters. The Labute approximate surface area is 139 Å². The maximum atomic E-state index is 12.1. The topological polar surface area (TPSA) is 76.3 Å². The van der Waals surface area contributed by atoms with Crippen molar-refractivity contribution in [3.8, 4) is 5.69 Å². The largest absolute Gasteiger partial charge is 0.263 e. The van der Waals surface area contributed by atoms with Crippen LogP contribution in [-0.4, -0.2) is 24.0 Å². The SMILES string of the molecule is O=S1(=O)NC(=NCc2ccccc2-n2cccn2)c2ccccc21. The molecule has 0 spiro atoms. The monoisotopic (exact) mass is 338 g/mol. The van der Waals surface area contributed by atoms with Crippen molar-refractivity contribution in [3.05, 3.63) is 78.1 Å². The normalized spacial score (nSPS) is 16.8. The second-order valence-electron chi connectivity index (χ2n) is 5.35. The Morgan fingerprint density at radius 1 is 1.04 bits per heavy atom. The summed E-state index contributed by atoms with van der Waals surface area (Å²) < 4.78 is 28.5. The number of hydrogen-bond acceptors (Lipinski definition) is 4. The van der Waals surface area contributed by atoms with E-state index in [-0.39, 0.29) is 4.90 Å². The van der Waals surface area contributed by atoms with E-state index < -0.39 is 10.0 Å². The van der Waals surface area contributed by atoms with E-state index in [4.69, 9.17) is 0 Å². The molecule has 6 nitrogen and oxygen atoms in total. The second-order valence-corrected chi connectivity index (χ2v) is 7.00. The molecule has 0 saturated carbocycles. The maximum absolute atomic E-state index is 12.1. The third kappa shape index (κ3) is 2.48. The molecule has 120 valence electrons. The number of aliphatic imine (C=N–C) groups is 1. The van der Waals surface area contributed by atoms with Crippen LogP contribution in [-0.2, 0) is 16.6 Å². The van der Waals surface area contributed by atoms with Gasteiger partial charge < -0.3 is 0 Å². The fraction of sp³-hybridized carbons (Fsp3) is 0.0588. The smallest absolute Gasteiger partial charge is 0.263 e. The van der Waals surface area contributed by atoms with Gasteiger partial charge in [-0.3, -0.25) is 9.71 Å². The number of fused-ring (bicyclic) bond motifs is 1. The number of rotatable bonds is 3. The summed E-state index contributed by atoms with van der Waals surface area (Å²) in [4.78, 5) is 4.75. The van der Waals surface area contributed by atoms with Gasteiger partial charge in [0.15, 0.2) is 0 Å². The standard InChI is InChI=1S/C17H14N4O2S/c22-24(23)16-9-4-2-7-14(16)17(20-24)18-12-13-6-1-3-8-15(13)21-11-5-10-19-21/h1-11H,12H2,(H,18,20). The highest BCUT2D eigenvalue weighted by Crippen LogP contribution is 2.23. The molecule has 0 amide bonds. The van der Waals surface area contributed by atoms with E-state index in [1.165, 1.54) is 0 Å². The summed E-state index contributed by atoms with van der Waals surface area (Å²) in [5.74, 6) is 0.376. The van der Waals surface area contributed by atoms with E-state index in [1.54, 1.807) is 35.1 Å². The molecule has 0 fully saturated rings. The number of hydrogen-bond donors (Lipinski definition) is 1. The number of nitrogens with one attached hydrogen (secondary N) is 1. The Kier molecular flexibility index (Phi) is 3.42. The van der Waals surface area contributed by atoms with Crippen LogP contribution in [0.4, 0.5) is 0 Å². The van der Waals surface area contributed by atoms with Gasteiger partial charge in [0.25, 0.3) is 10.0 Å². The molecule has 0 saturated heterocycles. The van der Waals surface area contributed by atoms with Crippen molar-refractivity contribution in [2.24, 2.45) is 4.99 Å². The van der Waals surface area contributed by atoms with Crippen molar-refractivity contribution in [2.45, 2.75) is 11.4 Å². The number of sulfonamides is 1. The number of nitrogens with zero attached hydrogens (tertiary/aromatic N) is 3. The van der Waals surface area contributed by atoms with Gasteiger partial charge >= 0.3 is 0 Å². The van der Waals surface area contributed by atoms with Gasteiger partial charge in [0, 0.05) is 18.0 Å². The molecule has 1 aliphatic heterocycles. The van der Waals surface area contributed by atoms with Crippen LogP contribution in [0.1, 0.15) is 11.1 Å². The van der Waals surface area contributed by atoms with E-state index in [9.17, 15) is 8.42 Å². The van der Waals surface area contributed by atoms with Crippen molar-refractivity contribution in [1.82, 2.24) is 14.5 Å². The van der Waals surface area contributed by atoms with E-state index in [2.05, 4.69) is 14.8 Å². The Balaban J connectivity index is 1.71. The fourth-order valence-electron chi connectivity index (χ4n) is 2.69. The van der Waals surface area contributed by atoms with Crippen LogP contribution in [0.2, 0.25) is 0 Å². The van der Waals surface area contributed by atoms with Crippen LogP contribution in [0, 0.1) is 0 Å². The highest BCUT2D eigenvalue weighted by Gasteiger charge is 2.29. The first-order chi connectivity index (χ1) is 11.6. The maximum Gasteiger partial charge on any atom is 0.263 e. The zero-order chi connectivity index (χ0) is 16.6. The molecule has 3 aromatic rings. The highest BCUT2D eigenvalue weighted by atomic mass is 32.2. The molecule has 2 heterocycles. The lowest BCUT2D eigenvalue weighted by molar-refractivity contribution is 0.595. The first kappa shape index (κ1) is 14.6. The van der Waals surface area contributed by atoms with Gasteiger partial charge in [0.2, 0.25) is 0 Å². The summed E-state index contributed by atoms with van der Waals surface area (Å²) in [5, 5.41) is 4.24. The Morgan fingerprint density at radius 2 is 1.83 bits per heavy atom. The van der Waals surface area contributed by atoms with Gasteiger partial charge in [-0.05, 0) is 29.8 Å². The Bertz CT molecular complexity index is 1020. The van der Waals surface area contributed by atoms with Crippen molar-refractivity contribution in [3.63, 3.8) is 0 Å². The Hall–Kier alpha value is -2.93. The summed E-state index contributed by atoms with van der Waals surface area (Å²) in [6.45, 7) is 0.349. The number of para-hydroxylation sites is 1. The lowest BCUT2D eigenvalue weighted by atomic mass is 10.1. The van der Waals surface area contributed by atoms with E-state index in [1.807, 2.05) is 36.5 Å². The average Bonchev–Trinajstić information content (AvgIpc) is 3.21. The van der Waals surface area contributed by atoms with Crippen molar-refractivity contribution in [1.29, 1.82) is 0 Å². The predicted octanol–water partition coefficient (Wildman–Crippen LogP) is 2.11. The van der Waals surface area contributed by atoms with Crippen LogP contribution in [0.15, 0.2) is 76.9 Å². The third-order valence-electron chi connectivity index (χ3n) is 3.81. The summed E-state index contributed by atoms with van der Waals surface area (Å²) in [6, 6.07) is 16.5. The molecular formula is C17H14N4O2S. The van der Waals surface area contributed by atoms with Crippen molar-refractivity contribution >= 4 is 15.9 Å². The van der Waals surface area contributed by atoms with Crippen LogP contribution < -0.4 is 4.72 Å². The van der Waals surface area contributed by atoms with Gasteiger partial charge in [-0.25, -0.2) is 13.1 Å². The summed E-state index contributed by atoms with van der Waals surface area (Å²) in [6.07, 6.45) is 3.57. The van der Waals surface area contributed by atoms with E-state index in [0.717, 1.165) is 11.3 Å². The van der Waals surface area contributed by atoms with Crippen LogP contribution in [0.3, 0.4) is 0 Å². The van der Waals surface area contributed by atoms with Crippen LogP contribution in [0.25, 0.3) is 5.69 Å². The number of amidine groups is 1. The van der Waals surface area contributed by atoms with E-state index in [0.29, 0.717) is 17.9 Å². The van der Waals surface area contributed by atoms with Gasteiger partial charge in [0.05, 0.1) is 17.1 Å². The van der Waals surface area contributed by atoms with Crippen molar-refractivity contribution < 1.29 is 8.42 Å². The van der Waals surface area contributed by atoms with Crippen LogP contribution in [0.5, 0.6) is 0 Å². The van der Waals surface area contributed by atoms with Gasteiger partial charge in [-0.15, -0.1) is 0 Å². The van der Waals surface area contributed by atoms with Gasteiger partial charge in [0.1, 0.15) is 5.84 Å². The quantitative estimate of drug-likeness (QED) is 0.795. The first-order valence-corrected chi connectivity index (χ1v) is 8.88. The second kappa shape index (κ2) is 5.61. The molecule has 4 rings (SSSR count). The molecule has 0 unspecified atom stereocenters. The molecule has 0 radical (unpaired) electrons. The number of benzene rings is 2. The number of aromatic nitrogens is 2. The highest BCUT2D eigenvalue weighted by molar-refractivity contribution is 7.90. The lowest BCUT2D eigenvalue weighted by Gasteiger charge is -2.08. The van der Waals surface area contributed by atoms with Crippen LogP contribution >= 0.6 is 0 Å². The summed E-state index contributed by atoms with van der Waals surface area (Å²) in [5.41, 5.74) is 2.48. The van der Waals surface area contributed by atoms with Gasteiger partial charge in [-0.1, -0.05) is 30.3 Å². The minimum atomic E-state index is -3.51. The molecule has 1 aliphatic rings. The average molecular weight is 338 g/mol. The summed E-state index contributed by atoms with van der Waals surface area (Å²) in [7, 11) is -3.51. The molecule has 24 heavy (non-hydrogen) atoms. The lowest BCUT2D eigenvalue weighted by Crippen LogP contribution is -2.22. The molecule has 0 bridgehead atoms. The molecule has 1 N–H and O–H groups in total. The minimum absolute atomic E-state index is 0.268. The molecule has 0 aliphatic carbocycles. The Morgan fingerprint density at radius 3 is 2.67 bits per heavy atom. The third-order valence-corrected chi connectivity index (χ3v) is 5.21. The molecule has 7 heteroatoms.